The third-order valence-electron chi connectivity index (χ3n) is 10.6. The van der Waals surface area contributed by atoms with E-state index in [2.05, 4.69) is 0 Å². The Kier molecular flexibility index (Phi) is 3.27. The SMILES string of the molecule is [2H]c1c([2H])c([2H])[c]([Ge]([c]2c([2H])c([2H])c([2H])c([2H])c2[2H])([c]2c([2H])c([2H])c([2H])c(-n3c4c([2H])c([2H])c([2H])c([2H])c4c4c([2H])c([2H])c([2H])c([2H])c43)c2[2H])[c]2c([2H])c([2H])c([2H])c(-n3c4c([2H])c([2H])c([2H])c([2H])c4c4c([2H])c(-n5c6c([2H])c([2H])c([2H])c([2H])c6c6c([2H])c([2H])c([2H])c([2H])c65)c([2H])c([2H])c43)c2[2H])c([2H])c1[2H]. The molecule has 0 bridgehead atoms. The van der Waals surface area contributed by atoms with Gasteiger partial charge in [-0.1, -0.05) is 12.1 Å². The van der Waals surface area contributed by atoms with E-state index in [0.29, 0.717) is 13.7 Å². The maximum atomic E-state index is 10.9. The van der Waals surface area contributed by atoms with Gasteiger partial charge in [-0.05, 0) is 0 Å². The summed E-state index contributed by atoms with van der Waals surface area (Å²) in [5, 5.41) is -4.44. The van der Waals surface area contributed by atoms with Gasteiger partial charge in [0, 0.05) is 0 Å². The van der Waals surface area contributed by atoms with E-state index < -0.39 is 361 Å². The van der Waals surface area contributed by atoms with Crippen molar-refractivity contribution >= 4 is 96.3 Å². The van der Waals surface area contributed by atoms with Crippen molar-refractivity contribution in [3.63, 3.8) is 0 Å². The fourth-order valence-corrected chi connectivity index (χ4v) is 15.6. The van der Waals surface area contributed by atoms with Crippen LogP contribution >= 0.6 is 0 Å². The van der Waals surface area contributed by atoms with E-state index in [4.69, 9.17) is 21.9 Å². The second kappa shape index (κ2) is 14.6. The Morgan fingerprint density at radius 3 is 0.922 bits per heavy atom. The first-order valence-corrected chi connectivity index (χ1v) is 23.0. The summed E-state index contributed by atoms with van der Waals surface area (Å²) in [5.41, 5.74) is -8.83. The molecule has 0 aliphatic heterocycles. The van der Waals surface area contributed by atoms with Gasteiger partial charge in [0.15, 0.2) is 0 Å². The van der Waals surface area contributed by atoms with E-state index in [1.165, 1.54) is 0 Å². The van der Waals surface area contributed by atoms with Gasteiger partial charge in [0.2, 0.25) is 0 Å². The summed E-state index contributed by atoms with van der Waals surface area (Å²) in [5.74, 6) is 0. The van der Waals surface area contributed by atoms with Gasteiger partial charge >= 0.3 is 411 Å². The molecule has 3 nitrogen and oxygen atoms in total. The predicted octanol–water partition coefficient (Wildman–Crippen LogP) is 12.4. The van der Waals surface area contributed by atoms with Crippen molar-refractivity contribution in [1.29, 1.82) is 0 Å². The van der Waals surface area contributed by atoms with Gasteiger partial charge in [0.05, 0.1) is 8.22 Å². The van der Waals surface area contributed by atoms with Gasteiger partial charge < -0.3 is 0 Å². The van der Waals surface area contributed by atoms with Gasteiger partial charge in [0.1, 0.15) is 0 Å². The maximum absolute atomic E-state index is 10.9. The summed E-state index contributed by atoms with van der Waals surface area (Å²) < 4.78 is 383. The molecule has 0 spiro atoms. The van der Waals surface area contributed by atoms with Gasteiger partial charge in [-0.15, -0.1) is 0 Å². The molecular weight excluding hydrogens is 835 g/mol. The van der Waals surface area contributed by atoms with E-state index in [1.54, 1.807) is 0 Å². The molecule has 0 unspecified atom stereocenters. The summed E-state index contributed by atoms with van der Waals surface area (Å²) >= 11 is -8.10. The molecule has 64 heavy (non-hydrogen) atoms. The molecule has 0 aliphatic carbocycles. The van der Waals surface area contributed by atoms with Crippen molar-refractivity contribution in [3.05, 3.63) is 248 Å². The van der Waals surface area contributed by atoms with Gasteiger partial charge in [0.25, 0.3) is 0 Å². The fraction of sp³-hybridized carbons (Fsp3) is 0. The molecule has 13 rings (SSSR count). The van der Waals surface area contributed by atoms with Crippen molar-refractivity contribution in [2.75, 3.05) is 0 Å². The van der Waals surface area contributed by atoms with E-state index in [0.717, 1.165) is 0 Å². The molecule has 0 saturated carbocycles. The number of benzene rings is 10. The molecule has 300 valence electrons. The van der Waals surface area contributed by atoms with Crippen LogP contribution in [0.1, 0.15) is 56.2 Å². The number of hydrogen-bond donors (Lipinski definition) is 0. The van der Waals surface area contributed by atoms with Crippen LogP contribution in [0.2, 0.25) is 0 Å². The van der Waals surface area contributed by atoms with Crippen molar-refractivity contribution in [2.45, 2.75) is 0 Å². The van der Waals surface area contributed by atoms with Crippen LogP contribution in [0.5, 0.6) is 0 Å². The Hall–Kier alpha value is -7.86. The van der Waals surface area contributed by atoms with Crippen LogP contribution in [-0.4, -0.2) is 27.0 Å². The fourth-order valence-electron chi connectivity index (χ4n) is 8.02. The van der Waals surface area contributed by atoms with Crippen LogP contribution in [0.4, 0.5) is 0 Å². The monoisotopic (exact) mass is 919 g/mol. The zero-order valence-electron chi connectivity index (χ0n) is 72.8. The van der Waals surface area contributed by atoms with E-state index in [1.807, 2.05) is 0 Å². The van der Waals surface area contributed by atoms with E-state index in [9.17, 15) is 34.3 Å². The topological polar surface area (TPSA) is 14.8 Å². The molecule has 3 aromatic heterocycles. The third-order valence-corrected chi connectivity index (χ3v) is 19.0. The molecule has 0 amide bonds. The molecule has 3 heterocycles. The molecule has 13 aromatic rings. The van der Waals surface area contributed by atoms with Gasteiger partial charge in [-0.3, -0.25) is 0 Å². The standard InChI is InChI=1S/C60H41GeN3/c1-3-19-42(20-4-1)61(43-21-5-2-6-22-43,44-23-17-25-46(39-44)62-55-32-12-7-27-49(55)50-28-8-13-33-56(50)62)45-24-18-26-47(40-45)63-59-36-16-11-31-53(59)54-41-48(37-38-60(54)63)64-57-34-14-9-29-51(57)52-30-10-15-35-58(52)64/h1-41H/i1D,2D,3D,4D,5D,6D,7D,8D,9D,10D,11D,12D,13D,14D,15D,16D,17D,18D,19D,20D,21D,22D,23D,24D,25D,26D,27D,28D,29D,30D,31D,32D,33D,34D,35D,36D,37D,38D,39D,40D,41D. The Balaban J connectivity index is 1.35. The first-order chi connectivity index (χ1) is 48.8. The Morgan fingerprint density at radius 2 is 0.531 bits per heavy atom. The summed E-state index contributed by atoms with van der Waals surface area (Å²) in [7, 11) is 0. The second-order valence-electron chi connectivity index (χ2n) is 13.8. The molecule has 0 N–H and O–H groups in total. The first-order valence-electron chi connectivity index (χ1n) is 39.3. The van der Waals surface area contributed by atoms with Crippen LogP contribution in [0.25, 0.3) is 82.5 Å². The Morgan fingerprint density at radius 1 is 0.234 bits per heavy atom. The number of aromatic nitrogens is 3. The van der Waals surface area contributed by atoms with Crippen LogP contribution in [0.15, 0.2) is 248 Å². The molecule has 0 atom stereocenters. The molecular formula is C60H41GeN3. The minimum atomic E-state index is -8.10. The summed E-state index contributed by atoms with van der Waals surface area (Å²) in [6.45, 7) is 0. The number of hydrogen-bond acceptors (Lipinski definition) is 0. The van der Waals surface area contributed by atoms with Gasteiger partial charge in [-0.25, -0.2) is 0 Å². The normalized spacial score (nSPS) is 21.0. The quantitative estimate of drug-likeness (QED) is 0.142. The van der Waals surface area contributed by atoms with Crippen molar-refractivity contribution < 1.29 is 56.2 Å². The van der Waals surface area contributed by atoms with Crippen LogP contribution in [-0.2, 0) is 0 Å². The zero-order valence-corrected chi connectivity index (χ0v) is 33.9. The third kappa shape index (κ3) is 5.41. The van der Waals surface area contributed by atoms with Crippen LogP contribution < -0.4 is 17.6 Å². The van der Waals surface area contributed by atoms with Crippen LogP contribution in [0, 0.1) is 0 Å². The Bertz CT molecular complexity index is 6090. The molecule has 0 fully saturated rings. The molecule has 0 aliphatic rings. The molecule has 0 saturated heterocycles. The number of fused-ring (bicyclic) bond motifs is 9. The average Bonchev–Trinajstić information content (AvgIpc) is 1.52. The number of nitrogens with zero attached hydrogens (tertiary/aromatic N) is 3. The summed E-state index contributed by atoms with van der Waals surface area (Å²) in [6.07, 6.45) is 0. The number of para-hydroxylation sites is 5. The van der Waals surface area contributed by atoms with Crippen LogP contribution in [0.3, 0.4) is 0 Å². The summed E-state index contributed by atoms with van der Waals surface area (Å²) in [4.78, 5) is 0. The van der Waals surface area contributed by atoms with Crippen molar-refractivity contribution in [1.82, 2.24) is 13.7 Å². The molecule has 0 radical (unpaired) electrons. The molecule has 4 heteroatoms. The van der Waals surface area contributed by atoms with Crippen molar-refractivity contribution in [3.8, 4) is 17.1 Å². The number of rotatable bonds is 7. The van der Waals surface area contributed by atoms with Gasteiger partial charge in [-0.2, -0.15) is 0 Å². The zero-order chi connectivity index (χ0) is 77.9. The minimum absolute atomic E-state index is 0.438. The molecule has 10 aromatic carbocycles. The predicted molar refractivity (Wildman–Crippen MR) is 273 cm³/mol. The van der Waals surface area contributed by atoms with E-state index in [-0.39, 0.29) is 0 Å². The average molecular weight is 918 g/mol. The Labute approximate surface area is 431 Å². The second-order valence-corrected chi connectivity index (χ2v) is 21.1. The summed E-state index contributed by atoms with van der Waals surface area (Å²) in [6, 6.07) is -50.3. The van der Waals surface area contributed by atoms with E-state index >= 15 is 0 Å². The first kappa shape index (κ1) is 14.3. The van der Waals surface area contributed by atoms with Crippen molar-refractivity contribution in [2.24, 2.45) is 0 Å².